The molecule has 0 radical (unpaired) electrons. The van der Waals surface area contributed by atoms with Crippen molar-refractivity contribution >= 4 is 5.70 Å². The fourth-order valence-corrected chi connectivity index (χ4v) is 0.625. The molecule has 1 aromatic rings. The Morgan fingerprint density at radius 1 is 1.64 bits per heavy atom. The van der Waals surface area contributed by atoms with Crippen LogP contribution in [0.4, 0.5) is 0 Å². The number of nitrogens with two attached hydrogens (primary N) is 2. The molecule has 0 unspecified atom stereocenters. The standard InChI is InChI=1S/C6H9N5/c7-5(3-11-8)6-1-2-9-4-10-6/h1-4,11H,7-8H2/b5-3-. The Hall–Kier alpha value is -1.62. The predicted molar refractivity (Wildman–Crippen MR) is 41.5 cm³/mol. The van der Waals surface area contributed by atoms with Crippen LogP contribution in [0.25, 0.3) is 5.70 Å². The largest absolute Gasteiger partial charge is 0.396 e. The Kier molecular flexibility index (Phi) is 2.40. The van der Waals surface area contributed by atoms with E-state index < -0.39 is 0 Å². The first kappa shape index (κ1) is 7.49. The number of hydrazine groups is 1. The highest BCUT2D eigenvalue weighted by atomic mass is 15.2. The highest BCUT2D eigenvalue weighted by Gasteiger charge is 1.93. The third kappa shape index (κ3) is 1.91. The second kappa shape index (κ2) is 3.52. The topological polar surface area (TPSA) is 89.8 Å². The van der Waals surface area contributed by atoms with Crippen LogP contribution in [0.1, 0.15) is 5.69 Å². The van der Waals surface area contributed by atoms with Gasteiger partial charge in [-0.05, 0) is 6.07 Å². The summed E-state index contributed by atoms with van der Waals surface area (Å²) in [5.74, 6) is 5.02. The summed E-state index contributed by atoms with van der Waals surface area (Å²) in [6, 6.07) is 1.70. The molecule has 1 heterocycles. The molecular formula is C6H9N5. The van der Waals surface area contributed by atoms with Gasteiger partial charge in [-0.15, -0.1) is 0 Å². The van der Waals surface area contributed by atoms with Gasteiger partial charge in [-0.25, -0.2) is 9.97 Å². The summed E-state index contributed by atoms with van der Waals surface area (Å²) in [6.45, 7) is 0. The lowest BCUT2D eigenvalue weighted by atomic mass is 10.3. The van der Waals surface area contributed by atoms with E-state index >= 15 is 0 Å². The molecule has 0 spiro atoms. The van der Waals surface area contributed by atoms with Crippen LogP contribution in [0.2, 0.25) is 0 Å². The van der Waals surface area contributed by atoms with E-state index in [2.05, 4.69) is 15.4 Å². The molecule has 0 aromatic carbocycles. The average Bonchev–Trinajstić information content (AvgIpc) is 2.07. The van der Waals surface area contributed by atoms with Gasteiger partial charge in [0.25, 0.3) is 0 Å². The summed E-state index contributed by atoms with van der Waals surface area (Å²) in [5.41, 5.74) is 8.98. The van der Waals surface area contributed by atoms with Crippen molar-refractivity contribution in [3.63, 3.8) is 0 Å². The molecule has 0 atom stereocenters. The minimum atomic E-state index is 0.481. The van der Waals surface area contributed by atoms with Gasteiger partial charge in [0.05, 0.1) is 11.4 Å². The molecule has 1 rings (SSSR count). The Morgan fingerprint density at radius 2 is 2.45 bits per heavy atom. The summed E-state index contributed by atoms with van der Waals surface area (Å²) >= 11 is 0. The first-order valence-electron chi connectivity index (χ1n) is 3.02. The molecule has 0 saturated heterocycles. The third-order valence-electron chi connectivity index (χ3n) is 1.12. The van der Waals surface area contributed by atoms with Crippen LogP contribution in [0, 0.1) is 0 Å². The fraction of sp³-hybridized carbons (Fsp3) is 0. The molecule has 58 valence electrons. The number of nitrogens with one attached hydrogen (secondary N) is 1. The minimum absolute atomic E-state index is 0.481. The van der Waals surface area contributed by atoms with Crippen LogP contribution >= 0.6 is 0 Å². The lowest BCUT2D eigenvalue weighted by Gasteiger charge is -1.97. The Balaban J connectivity index is 2.85. The summed E-state index contributed by atoms with van der Waals surface area (Å²) in [4.78, 5) is 7.64. The van der Waals surface area contributed by atoms with Crippen LogP contribution in [0.5, 0.6) is 0 Å². The maximum atomic E-state index is 5.53. The Morgan fingerprint density at radius 3 is 3.00 bits per heavy atom. The van der Waals surface area contributed by atoms with Gasteiger partial charge < -0.3 is 11.2 Å². The monoisotopic (exact) mass is 151 g/mol. The minimum Gasteiger partial charge on any atom is -0.396 e. The molecular weight excluding hydrogens is 142 g/mol. The Labute approximate surface area is 64.1 Å². The summed E-state index contributed by atoms with van der Waals surface area (Å²) in [6.07, 6.45) is 4.49. The van der Waals surface area contributed by atoms with Gasteiger partial charge in [-0.1, -0.05) is 0 Å². The second-order valence-electron chi connectivity index (χ2n) is 1.86. The number of hydrogen-bond donors (Lipinski definition) is 3. The van der Waals surface area contributed by atoms with E-state index in [0.717, 1.165) is 0 Å². The smallest absolute Gasteiger partial charge is 0.116 e. The van der Waals surface area contributed by atoms with Gasteiger partial charge in [0.1, 0.15) is 6.33 Å². The van der Waals surface area contributed by atoms with E-state index in [1.54, 1.807) is 12.3 Å². The molecule has 5 nitrogen and oxygen atoms in total. The van der Waals surface area contributed by atoms with E-state index in [1.165, 1.54) is 12.5 Å². The molecule has 0 aliphatic heterocycles. The van der Waals surface area contributed by atoms with Gasteiger partial charge >= 0.3 is 0 Å². The second-order valence-corrected chi connectivity index (χ2v) is 1.86. The first-order valence-corrected chi connectivity index (χ1v) is 3.02. The van der Waals surface area contributed by atoms with E-state index in [0.29, 0.717) is 11.4 Å². The van der Waals surface area contributed by atoms with Crippen molar-refractivity contribution in [1.29, 1.82) is 0 Å². The lowest BCUT2D eigenvalue weighted by Crippen LogP contribution is -2.16. The molecule has 5 N–H and O–H groups in total. The number of rotatable bonds is 2. The number of aromatic nitrogens is 2. The summed E-state index contributed by atoms with van der Waals surface area (Å²) in [7, 11) is 0. The molecule has 0 saturated carbocycles. The van der Waals surface area contributed by atoms with E-state index in [1.807, 2.05) is 0 Å². The van der Waals surface area contributed by atoms with E-state index in [-0.39, 0.29) is 0 Å². The SMILES string of the molecule is NN/C=C(\N)c1ccncn1. The first-order chi connectivity index (χ1) is 5.34. The number of nitrogens with zero attached hydrogens (tertiary/aromatic N) is 2. The molecule has 11 heavy (non-hydrogen) atoms. The van der Waals surface area contributed by atoms with Crippen molar-refractivity contribution < 1.29 is 0 Å². The summed E-state index contributed by atoms with van der Waals surface area (Å²) < 4.78 is 0. The molecule has 0 amide bonds. The highest BCUT2D eigenvalue weighted by Crippen LogP contribution is 1.99. The molecule has 0 aliphatic carbocycles. The van der Waals surface area contributed by atoms with Gasteiger partial charge in [-0.3, -0.25) is 5.84 Å². The van der Waals surface area contributed by atoms with Gasteiger partial charge in [0, 0.05) is 12.4 Å². The van der Waals surface area contributed by atoms with Crippen molar-refractivity contribution in [2.45, 2.75) is 0 Å². The Bertz CT molecular complexity index is 242. The zero-order chi connectivity index (χ0) is 8.10. The molecule has 0 aliphatic rings. The molecule has 1 aromatic heterocycles. The van der Waals surface area contributed by atoms with Crippen LogP contribution in [0.15, 0.2) is 24.8 Å². The molecule has 0 fully saturated rings. The van der Waals surface area contributed by atoms with Crippen molar-refractivity contribution in [2.75, 3.05) is 0 Å². The molecule has 0 bridgehead atoms. The van der Waals surface area contributed by atoms with Gasteiger partial charge in [0.2, 0.25) is 0 Å². The van der Waals surface area contributed by atoms with Crippen LogP contribution < -0.4 is 17.0 Å². The van der Waals surface area contributed by atoms with Crippen molar-refractivity contribution in [3.8, 4) is 0 Å². The molecule has 5 heteroatoms. The third-order valence-corrected chi connectivity index (χ3v) is 1.12. The summed E-state index contributed by atoms with van der Waals surface area (Å²) in [5, 5.41) is 0. The highest BCUT2D eigenvalue weighted by molar-refractivity contribution is 5.57. The van der Waals surface area contributed by atoms with Crippen LogP contribution in [-0.2, 0) is 0 Å². The number of hydrogen-bond acceptors (Lipinski definition) is 5. The fourth-order valence-electron chi connectivity index (χ4n) is 0.625. The zero-order valence-electron chi connectivity index (χ0n) is 5.86. The maximum Gasteiger partial charge on any atom is 0.116 e. The van der Waals surface area contributed by atoms with Crippen LogP contribution in [0.3, 0.4) is 0 Å². The van der Waals surface area contributed by atoms with Gasteiger partial charge in [0.15, 0.2) is 0 Å². The normalized spacial score (nSPS) is 11.2. The maximum absolute atomic E-state index is 5.53. The average molecular weight is 151 g/mol. The lowest BCUT2D eigenvalue weighted by molar-refractivity contribution is 0.964. The van der Waals surface area contributed by atoms with E-state index in [4.69, 9.17) is 11.6 Å². The zero-order valence-corrected chi connectivity index (χ0v) is 5.86. The van der Waals surface area contributed by atoms with Crippen LogP contribution in [-0.4, -0.2) is 9.97 Å². The predicted octanol–water partition coefficient (Wildman–Crippen LogP) is -0.803. The van der Waals surface area contributed by atoms with Crippen molar-refractivity contribution in [3.05, 3.63) is 30.5 Å². The quantitative estimate of drug-likeness (QED) is 0.380. The van der Waals surface area contributed by atoms with Crippen molar-refractivity contribution in [2.24, 2.45) is 11.6 Å². The van der Waals surface area contributed by atoms with E-state index in [9.17, 15) is 0 Å². The van der Waals surface area contributed by atoms with Crippen molar-refractivity contribution in [1.82, 2.24) is 15.4 Å². The van der Waals surface area contributed by atoms with Gasteiger partial charge in [-0.2, -0.15) is 0 Å².